The Balaban J connectivity index is 2.13. The molecule has 1 heterocycles. The lowest BCUT2D eigenvalue weighted by Gasteiger charge is -2.19. The van der Waals surface area contributed by atoms with Crippen LogP contribution in [0.5, 0.6) is 5.75 Å². The third-order valence-corrected chi connectivity index (χ3v) is 6.11. The van der Waals surface area contributed by atoms with Gasteiger partial charge < -0.3 is 10.1 Å². The molecule has 2 rings (SSSR count). The second-order valence-electron chi connectivity index (χ2n) is 6.39. The number of ether oxygens (including phenoxy) is 1. The fourth-order valence-corrected chi connectivity index (χ4v) is 3.93. The smallest absolute Gasteiger partial charge is 0.246 e. The minimum Gasteiger partial charge on any atom is -0.495 e. The quantitative estimate of drug-likeness (QED) is 0.827. The summed E-state index contributed by atoms with van der Waals surface area (Å²) in [7, 11) is 0.670. The number of hydrogen-bond donors (Lipinski definition) is 1. The predicted octanol–water partition coefficient (Wildman–Crippen LogP) is 1.76. The van der Waals surface area contributed by atoms with Crippen molar-refractivity contribution >= 4 is 21.6 Å². The van der Waals surface area contributed by atoms with Gasteiger partial charge in [0.25, 0.3) is 0 Å². The second kappa shape index (κ2) is 8.64. The zero-order valence-electron chi connectivity index (χ0n) is 15.1. The van der Waals surface area contributed by atoms with E-state index in [1.165, 1.54) is 40.1 Å². The summed E-state index contributed by atoms with van der Waals surface area (Å²) in [6, 6.07) is 4.64. The van der Waals surface area contributed by atoms with Crippen LogP contribution < -0.4 is 10.1 Å². The lowest BCUT2D eigenvalue weighted by atomic mass is 10.2. The maximum Gasteiger partial charge on any atom is 0.246 e. The van der Waals surface area contributed by atoms with Crippen molar-refractivity contribution in [2.75, 3.05) is 46.2 Å². The molecule has 0 saturated carbocycles. The van der Waals surface area contributed by atoms with E-state index in [1.54, 1.807) is 12.1 Å². The standard InChI is InChI=1S/C17H27N3O4S/c1-19(2)25(22,23)16-12-14(8-9-15(16)24-3)18-17(21)13-20-10-6-4-5-7-11-20/h8-9,12H,4-7,10-11,13H2,1-3H3,(H,18,21). The SMILES string of the molecule is COc1ccc(NC(=O)CN2CCCCCC2)cc1S(=O)(=O)N(C)C. The van der Waals surface area contributed by atoms with Crippen LogP contribution in [0.4, 0.5) is 5.69 Å². The van der Waals surface area contributed by atoms with Gasteiger partial charge in [0, 0.05) is 19.8 Å². The van der Waals surface area contributed by atoms with Crippen molar-refractivity contribution in [3.8, 4) is 5.75 Å². The average Bonchev–Trinajstić information content (AvgIpc) is 2.83. The Labute approximate surface area is 150 Å². The minimum atomic E-state index is -3.66. The Morgan fingerprint density at radius 3 is 2.40 bits per heavy atom. The molecule has 0 aliphatic carbocycles. The number of rotatable bonds is 6. The van der Waals surface area contributed by atoms with Crippen molar-refractivity contribution in [2.24, 2.45) is 0 Å². The summed E-state index contributed by atoms with van der Waals surface area (Å²) in [5.41, 5.74) is 0.445. The number of likely N-dealkylation sites (tertiary alicyclic amines) is 1. The summed E-state index contributed by atoms with van der Waals surface area (Å²) in [6.07, 6.45) is 4.65. The molecule has 0 bridgehead atoms. The summed E-state index contributed by atoms with van der Waals surface area (Å²) >= 11 is 0. The van der Waals surface area contributed by atoms with E-state index in [9.17, 15) is 13.2 Å². The van der Waals surface area contributed by atoms with E-state index in [4.69, 9.17) is 4.74 Å². The van der Waals surface area contributed by atoms with Crippen LogP contribution in [0.2, 0.25) is 0 Å². The molecule has 0 atom stereocenters. The molecule has 1 aliphatic rings. The van der Waals surface area contributed by atoms with Gasteiger partial charge in [-0.05, 0) is 44.1 Å². The molecule has 7 nitrogen and oxygen atoms in total. The van der Waals surface area contributed by atoms with E-state index < -0.39 is 10.0 Å². The van der Waals surface area contributed by atoms with Crippen LogP contribution in [-0.2, 0) is 14.8 Å². The number of nitrogens with one attached hydrogen (secondary N) is 1. The van der Waals surface area contributed by atoms with Crippen LogP contribution in [0.1, 0.15) is 25.7 Å². The molecule has 1 fully saturated rings. The van der Waals surface area contributed by atoms with Crippen molar-refractivity contribution < 1.29 is 17.9 Å². The molecule has 25 heavy (non-hydrogen) atoms. The summed E-state index contributed by atoms with van der Waals surface area (Å²) in [5, 5.41) is 2.79. The summed E-state index contributed by atoms with van der Waals surface area (Å²) in [5.74, 6) is 0.111. The number of anilines is 1. The van der Waals surface area contributed by atoms with Crippen molar-refractivity contribution in [1.82, 2.24) is 9.21 Å². The van der Waals surface area contributed by atoms with Gasteiger partial charge in [0.2, 0.25) is 15.9 Å². The Kier molecular flexibility index (Phi) is 6.80. The van der Waals surface area contributed by atoms with Crippen molar-refractivity contribution in [1.29, 1.82) is 0 Å². The van der Waals surface area contributed by atoms with Gasteiger partial charge in [-0.2, -0.15) is 0 Å². The summed E-state index contributed by atoms with van der Waals surface area (Å²) < 4.78 is 31.1. The van der Waals surface area contributed by atoms with E-state index in [1.807, 2.05) is 0 Å². The first-order valence-electron chi connectivity index (χ1n) is 8.47. The van der Waals surface area contributed by atoms with Crippen LogP contribution in [0.15, 0.2) is 23.1 Å². The molecule has 1 aromatic carbocycles. The highest BCUT2D eigenvalue weighted by Crippen LogP contribution is 2.28. The first-order valence-corrected chi connectivity index (χ1v) is 9.91. The number of amides is 1. The van der Waals surface area contributed by atoms with Gasteiger partial charge in [0.05, 0.1) is 13.7 Å². The fourth-order valence-electron chi connectivity index (χ4n) is 2.85. The highest BCUT2D eigenvalue weighted by molar-refractivity contribution is 7.89. The topological polar surface area (TPSA) is 79.0 Å². The monoisotopic (exact) mass is 369 g/mol. The van der Waals surface area contributed by atoms with Crippen LogP contribution in [0.25, 0.3) is 0 Å². The number of carbonyl (C=O) groups excluding carboxylic acids is 1. The number of benzene rings is 1. The lowest BCUT2D eigenvalue weighted by molar-refractivity contribution is -0.117. The first kappa shape index (κ1) is 19.7. The van der Waals surface area contributed by atoms with Crippen molar-refractivity contribution in [3.05, 3.63) is 18.2 Å². The number of sulfonamides is 1. The molecule has 1 aliphatic heterocycles. The molecule has 140 valence electrons. The van der Waals surface area contributed by atoms with E-state index in [2.05, 4.69) is 10.2 Å². The minimum absolute atomic E-state index is 0.0348. The molecule has 1 saturated heterocycles. The highest BCUT2D eigenvalue weighted by atomic mass is 32.2. The molecule has 0 radical (unpaired) electrons. The van der Waals surface area contributed by atoms with Gasteiger partial charge in [-0.1, -0.05) is 12.8 Å². The fraction of sp³-hybridized carbons (Fsp3) is 0.588. The van der Waals surface area contributed by atoms with Gasteiger partial charge >= 0.3 is 0 Å². The Morgan fingerprint density at radius 1 is 1.20 bits per heavy atom. The Bertz CT molecular complexity index is 696. The normalized spacial score (nSPS) is 16.5. The highest BCUT2D eigenvalue weighted by Gasteiger charge is 2.23. The maximum absolute atomic E-state index is 12.4. The number of methoxy groups -OCH3 is 1. The van der Waals surface area contributed by atoms with E-state index >= 15 is 0 Å². The largest absolute Gasteiger partial charge is 0.495 e. The molecule has 0 unspecified atom stereocenters. The third-order valence-electron chi connectivity index (χ3n) is 4.27. The Hall–Kier alpha value is -1.64. The van der Waals surface area contributed by atoms with Gasteiger partial charge in [0.15, 0.2) is 0 Å². The lowest BCUT2D eigenvalue weighted by Crippen LogP contribution is -2.34. The van der Waals surface area contributed by atoms with Gasteiger partial charge in [-0.25, -0.2) is 12.7 Å². The number of carbonyl (C=O) groups is 1. The van der Waals surface area contributed by atoms with Gasteiger partial charge in [-0.3, -0.25) is 9.69 Å². The second-order valence-corrected chi connectivity index (χ2v) is 8.51. The number of nitrogens with zero attached hydrogens (tertiary/aromatic N) is 2. The van der Waals surface area contributed by atoms with E-state index in [0.29, 0.717) is 12.2 Å². The van der Waals surface area contributed by atoms with Crippen molar-refractivity contribution in [3.63, 3.8) is 0 Å². The van der Waals surface area contributed by atoms with E-state index in [-0.39, 0.29) is 16.6 Å². The first-order chi connectivity index (χ1) is 11.8. The molecular formula is C17H27N3O4S. The molecule has 0 aromatic heterocycles. The average molecular weight is 369 g/mol. The van der Waals surface area contributed by atoms with Crippen LogP contribution in [-0.4, -0.2) is 64.4 Å². The van der Waals surface area contributed by atoms with Gasteiger partial charge in [-0.15, -0.1) is 0 Å². The summed E-state index contributed by atoms with van der Waals surface area (Å²) in [4.78, 5) is 14.5. The molecule has 1 aromatic rings. The van der Waals surface area contributed by atoms with Crippen molar-refractivity contribution in [2.45, 2.75) is 30.6 Å². The van der Waals surface area contributed by atoms with Crippen LogP contribution in [0.3, 0.4) is 0 Å². The van der Waals surface area contributed by atoms with Crippen LogP contribution >= 0.6 is 0 Å². The van der Waals surface area contributed by atoms with Crippen LogP contribution in [0, 0.1) is 0 Å². The maximum atomic E-state index is 12.4. The van der Waals surface area contributed by atoms with E-state index in [0.717, 1.165) is 30.2 Å². The molecule has 1 N–H and O–H groups in total. The zero-order chi connectivity index (χ0) is 18.4. The predicted molar refractivity (Wildman–Crippen MR) is 97.4 cm³/mol. The molecule has 0 spiro atoms. The molecule has 1 amide bonds. The third kappa shape index (κ3) is 5.17. The van der Waals surface area contributed by atoms with Gasteiger partial charge in [0.1, 0.15) is 10.6 Å². The molecular weight excluding hydrogens is 342 g/mol. The Morgan fingerprint density at radius 2 is 1.84 bits per heavy atom. The summed E-state index contributed by atoms with van der Waals surface area (Å²) in [6.45, 7) is 2.17. The zero-order valence-corrected chi connectivity index (χ0v) is 15.9. The molecule has 8 heteroatoms. The number of hydrogen-bond acceptors (Lipinski definition) is 5.